The summed E-state index contributed by atoms with van der Waals surface area (Å²) in [6.45, 7) is 0.680. The smallest absolute Gasteiger partial charge is 0.243 e. The molecule has 1 fully saturated rings. The summed E-state index contributed by atoms with van der Waals surface area (Å²) in [5.74, 6) is 0.162. The van der Waals surface area contributed by atoms with Crippen LogP contribution < -0.4 is 5.73 Å². The minimum Gasteiger partial charge on any atom is -0.392 e. The van der Waals surface area contributed by atoms with E-state index >= 15 is 0 Å². The van der Waals surface area contributed by atoms with E-state index in [1.807, 2.05) is 19.0 Å². The van der Waals surface area contributed by atoms with E-state index in [2.05, 4.69) is 4.98 Å². The highest BCUT2D eigenvalue weighted by Crippen LogP contribution is 2.27. The van der Waals surface area contributed by atoms with Gasteiger partial charge in [-0.2, -0.15) is 4.31 Å². The van der Waals surface area contributed by atoms with E-state index in [1.54, 1.807) is 0 Å². The number of anilines is 1. The lowest BCUT2D eigenvalue weighted by molar-refractivity contribution is 0.188. The first-order valence-electron chi connectivity index (χ1n) is 6.37. The summed E-state index contributed by atoms with van der Waals surface area (Å²) in [6, 6.07) is 2.52. The van der Waals surface area contributed by atoms with Crippen LogP contribution in [0.25, 0.3) is 0 Å². The van der Waals surface area contributed by atoms with Crippen LogP contribution in [0, 0.1) is 0 Å². The minimum absolute atomic E-state index is 0.114. The molecule has 2 heterocycles. The molecule has 2 unspecified atom stereocenters. The third kappa shape index (κ3) is 3.09. The number of nitrogens with two attached hydrogens (primary N) is 1. The summed E-state index contributed by atoms with van der Waals surface area (Å²) >= 11 is 0. The van der Waals surface area contributed by atoms with Crippen molar-refractivity contribution in [3.63, 3.8) is 0 Å². The van der Waals surface area contributed by atoms with Crippen molar-refractivity contribution in [2.24, 2.45) is 0 Å². The van der Waals surface area contributed by atoms with Crippen molar-refractivity contribution in [3.8, 4) is 0 Å². The van der Waals surface area contributed by atoms with Crippen LogP contribution >= 0.6 is 0 Å². The van der Waals surface area contributed by atoms with Gasteiger partial charge in [0.2, 0.25) is 10.0 Å². The van der Waals surface area contributed by atoms with E-state index < -0.39 is 16.1 Å². The standard InChI is InChI=1S/C12H20N4O3S/c1-15(2)7-9-5-10(17)8-16(9)20(18,19)11-3-4-14-12(13)6-11/h3-4,6,9-10,17H,5,7-8H2,1-2H3,(H2,13,14). The maximum absolute atomic E-state index is 12.6. The summed E-state index contributed by atoms with van der Waals surface area (Å²) in [6.07, 6.45) is 1.18. The zero-order valence-electron chi connectivity index (χ0n) is 11.6. The molecule has 3 N–H and O–H groups in total. The summed E-state index contributed by atoms with van der Waals surface area (Å²) in [4.78, 5) is 5.82. The van der Waals surface area contributed by atoms with Crippen molar-refractivity contribution in [3.05, 3.63) is 18.3 Å². The zero-order chi connectivity index (χ0) is 14.9. The van der Waals surface area contributed by atoms with Crippen LogP contribution in [0.4, 0.5) is 5.82 Å². The molecular weight excluding hydrogens is 280 g/mol. The second kappa shape index (κ2) is 5.65. The Morgan fingerprint density at radius 3 is 2.85 bits per heavy atom. The number of hydrogen-bond acceptors (Lipinski definition) is 6. The van der Waals surface area contributed by atoms with Crippen LogP contribution in [0.1, 0.15) is 6.42 Å². The number of β-amino-alcohol motifs (C(OH)–C–C–N with tert-alkyl or cyclic N) is 1. The molecule has 8 heteroatoms. The molecule has 1 aromatic rings. The Kier molecular flexibility index (Phi) is 4.28. The number of likely N-dealkylation sites (N-methyl/N-ethyl adjacent to an activating group) is 1. The Balaban J connectivity index is 2.32. The van der Waals surface area contributed by atoms with Crippen molar-refractivity contribution >= 4 is 15.8 Å². The quantitative estimate of drug-likeness (QED) is 0.766. The second-order valence-corrected chi connectivity index (χ2v) is 7.19. The minimum atomic E-state index is -3.66. The summed E-state index contributed by atoms with van der Waals surface area (Å²) in [5, 5.41) is 9.79. The van der Waals surface area contributed by atoms with E-state index in [-0.39, 0.29) is 23.3 Å². The van der Waals surface area contributed by atoms with E-state index in [0.717, 1.165) is 0 Å². The molecule has 0 aromatic carbocycles. The molecular formula is C12H20N4O3S. The van der Waals surface area contributed by atoms with Crippen LogP contribution in [0.5, 0.6) is 0 Å². The number of pyridine rings is 1. The second-order valence-electron chi connectivity index (χ2n) is 5.30. The summed E-state index contributed by atoms with van der Waals surface area (Å²) in [5.41, 5.74) is 5.54. The molecule has 0 bridgehead atoms. The predicted molar refractivity (Wildman–Crippen MR) is 75.5 cm³/mol. The first kappa shape index (κ1) is 15.2. The van der Waals surface area contributed by atoms with Gasteiger partial charge in [-0.05, 0) is 26.6 Å². The molecule has 7 nitrogen and oxygen atoms in total. The number of hydrogen-bond donors (Lipinski definition) is 2. The Morgan fingerprint density at radius 1 is 1.55 bits per heavy atom. The molecule has 0 radical (unpaired) electrons. The normalized spacial score (nSPS) is 24.4. The topological polar surface area (TPSA) is 99.8 Å². The van der Waals surface area contributed by atoms with Crippen molar-refractivity contribution in [1.82, 2.24) is 14.2 Å². The number of nitrogens with zero attached hydrogens (tertiary/aromatic N) is 3. The van der Waals surface area contributed by atoms with Crippen LogP contribution in [0.15, 0.2) is 23.2 Å². The van der Waals surface area contributed by atoms with E-state index in [9.17, 15) is 13.5 Å². The van der Waals surface area contributed by atoms with Crippen LogP contribution in [0.3, 0.4) is 0 Å². The van der Waals surface area contributed by atoms with Gasteiger partial charge in [0.15, 0.2) is 0 Å². The Bertz CT molecular complexity index is 576. The van der Waals surface area contributed by atoms with E-state index in [0.29, 0.717) is 13.0 Å². The molecule has 1 aromatic heterocycles. The van der Waals surface area contributed by atoms with Gasteiger partial charge in [-0.25, -0.2) is 13.4 Å². The first-order valence-corrected chi connectivity index (χ1v) is 7.81. The number of rotatable bonds is 4. The highest BCUT2D eigenvalue weighted by molar-refractivity contribution is 7.89. The van der Waals surface area contributed by atoms with Gasteiger partial charge in [-0.1, -0.05) is 0 Å². The number of aliphatic hydroxyl groups excluding tert-OH is 1. The lowest BCUT2D eigenvalue weighted by Crippen LogP contribution is -2.41. The van der Waals surface area contributed by atoms with Gasteiger partial charge in [-0.15, -0.1) is 0 Å². The van der Waals surface area contributed by atoms with Crippen LogP contribution in [0.2, 0.25) is 0 Å². The predicted octanol–water partition coefficient (Wildman–Crippen LogP) is -0.651. The van der Waals surface area contributed by atoms with E-state index in [1.165, 1.54) is 22.6 Å². The molecule has 0 spiro atoms. The number of aliphatic hydroxyl groups is 1. The fourth-order valence-electron chi connectivity index (χ4n) is 2.47. The van der Waals surface area contributed by atoms with Gasteiger partial charge in [0.05, 0.1) is 11.0 Å². The highest BCUT2D eigenvalue weighted by Gasteiger charge is 2.39. The van der Waals surface area contributed by atoms with Crippen LogP contribution in [-0.4, -0.2) is 67.0 Å². The molecule has 2 rings (SSSR count). The number of sulfonamides is 1. The largest absolute Gasteiger partial charge is 0.392 e. The zero-order valence-corrected chi connectivity index (χ0v) is 12.4. The Morgan fingerprint density at radius 2 is 2.25 bits per heavy atom. The van der Waals surface area contributed by atoms with Crippen molar-refractivity contribution in [2.75, 3.05) is 32.9 Å². The van der Waals surface area contributed by atoms with E-state index in [4.69, 9.17) is 5.73 Å². The van der Waals surface area contributed by atoms with Crippen molar-refractivity contribution in [1.29, 1.82) is 0 Å². The fourth-order valence-corrected chi connectivity index (χ4v) is 4.16. The summed E-state index contributed by atoms with van der Waals surface area (Å²) in [7, 11) is 0.0876. The molecule has 1 saturated heterocycles. The summed E-state index contributed by atoms with van der Waals surface area (Å²) < 4.78 is 26.6. The molecule has 0 saturated carbocycles. The molecule has 1 aliphatic heterocycles. The molecule has 0 aliphatic carbocycles. The highest BCUT2D eigenvalue weighted by atomic mass is 32.2. The molecule has 0 amide bonds. The van der Waals surface area contributed by atoms with Gasteiger partial charge in [-0.3, -0.25) is 0 Å². The molecule has 20 heavy (non-hydrogen) atoms. The average molecular weight is 300 g/mol. The average Bonchev–Trinajstić information content (AvgIpc) is 2.70. The van der Waals surface area contributed by atoms with Gasteiger partial charge >= 0.3 is 0 Å². The van der Waals surface area contributed by atoms with Gasteiger partial charge in [0.1, 0.15) is 5.82 Å². The molecule has 112 valence electrons. The van der Waals surface area contributed by atoms with Crippen LogP contribution in [-0.2, 0) is 10.0 Å². The number of aromatic nitrogens is 1. The maximum Gasteiger partial charge on any atom is 0.243 e. The Hall–Kier alpha value is -1.22. The SMILES string of the molecule is CN(C)CC1CC(O)CN1S(=O)(=O)c1ccnc(N)c1. The van der Waals surface area contributed by atoms with Gasteiger partial charge < -0.3 is 15.7 Å². The van der Waals surface area contributed by atoms with Crippen molar-refractivity contribution in [2.45, 2.75) is 23.5 Å². The number of nitrogen functional groups attached to an aromatic ring is 1. The Labute approximate surface area is 119 Å². The van der Waals surface area contributed by atoms with Gasteiger partial charge in [0, 0.05) is 31.4 Å². The third-order valence-electron chi connectivity index (χ3n) is 3.28. The van der Waals surface area contributed by atoms with Crippen molar-refractivity contribution < 1.29 is 13.5 Å². The maximum atomic E-state index is 12.6. The third-order valence-corrected chi connectivity index (χ3v) is 5.19. The lowest BCUT2D eigenvalue weighted by atomic mass is 10.2. The molecule has 1 aliphatic rings. The monoisotopic (exact) mass is 300 g/mol. The molecule has 2 atom stereocenters. The lowest BCUT2D eigenvalue weighted by Gasteiger charge is -2.26. The van der Waals surface area contributed by atoms with Gasteiger partial charge in [0.25, 0.3) is 0 Å². The fraction of sp³-hybridized carbons (Fsp3) is 0.583. The first-order chi connectivity index (χ1) is 9.30.